The SMILES string of the molecule is CC1=C(c2ccccc2C)C=CC1CC1=[N+](C)C(c2ccccc2C)=CC1. The summed E-state index contributed by atoms with van der Waals surface area (Å²) in [4.78, 5) is 0. The molecule has 27 heavy (non-hydrogen) atoms. The van der Waals surface area contributed by atoms with Crippen LogP contribution in [-0.4, -0.2) is 17.3 Å². The number of hydrogen-bond acceptors (Lipinski definition) is 0. The molecule has 1 aliphatic carbocycles. The van der Waals surface area contributed by atoms with Crippen LogP contribution in [0.2, 0.25) is 0 Å². The van der Waals surface area contributed by atoms with Gasteiger partial charge in [0, 0.05) is 17.9 Å². The largest absolute Gasteiger partial charge is 0.208 e. The van der Waals surface area contributed by atoms with Gasteiger partial charge in [0.25, 0.3) is 0 Å². The summed E-state index contributed by atoms with van der Waals surface area (Å²) in [5, 5.41) is 0. The van der Waals surface area contributed by atoms with Gasteiger partial charge in [0.1, 0.15) is 7.05 Å². The molecular formula is C26H28N+. The van der Waals surface area contributed by atoms with Crippen molar-refractivity contribution in [1.82, 2.24) is 0 Å². The third kappa shape index (κ3) is 3.23. The molecule has 136 valence electrons. The summed E-state index contributed by atoms with van der Waals surface area (Å²) in [5.41, 5.74) is 11.2. The number of aryl methyl sites for hydroxylation is 2. The Morgan fingerprint density at radius 2 is 1.52 bits per heavy atom. The van der Waals surface area contributed by atoms with Crippen LogP contribution in [0, 0.1) is 19.8 Å². The van der Waals surface area contributed by atoms with Crippen LogP contribution in [0.5, 0.6) is 0 Å². The van der Waals surface area contributed by atoms with E-state index in [1.165, 1.54) is 44.8 Å². The summed E-state index contributed by atoms with van der Waals surface area (Å²) < 4.78 is 2.41. The van der Waals surface area contributed by atoms with Gasteiger partial charge in [-0.3, -0.25) is 0 Å². The molecule has 2 aromatic carbocycles. The zero-order valence-electron chi connectivity index (χ0n) is 16.8. The molecule has 0 N–H and O–H groups in total. The molecule has 1 heterocycles. The fourth-order valence-corrected chi connectivity index (χ4v) is 4.37. The predicted molar refractivity (Wildman–Crippen MR) is 116 cm³/mol. The van der Waals surface area contributed by atoms with E-state index in [1.54, 1.807) is 0 Å². The molecule has 0 saturated carbocycles. The first-order valence-electron chi connectivity index (χ1n) is 9.86. The van der Waals surface area contributed by atoms with Crippen LogP contribution < -0.4 is 0 Å². The molecular weight excluding hydrogens is 326 g/mol. The maximum absolute atomic E-state index is 2.41. The Kier molecular flexibility index (Phi) is 4.70. The maximum Gasteiger partial charge on any atom is 0.208 e. The van der Waals surface area contributed by atoms with E-state index in [1.807, 2.05) is 0 Å². The molecule has 0 fully saturated rings. The van der Waals surface area contributed by atoms with E-state index in [0.717, 1.165) is 12.8 Å². The lowest BCUT2D eigenvalue weighted by Gasteiger charge is -2.12. The number of hydrogen-bond donors (Lipinski definition) is 0. The number of allylic oxidation sites excluding steroid dienone is 5. The van der Waals surface area contributed by atoms with E-state index in [2.05, 4.69) is 99.2 Å². The van der Waals surface area contributed by atoms with Crippen LogP contribution in [0.15, 0.2) is 72.3 Å². The Labute approximate surface area is 163 Å². The average Bonchev–Trinajstić information content (AvgIpc) is 3.20. The van der Waals surface area contributed by atoms with Gasteiger partial charge >= 0.3 is 0 Å². The van der Waals surface area contributed by atoms with Crippen molar-refractivity contribution in [3.05, 3.63) is 94.6 Å². The van der Waals surface area contributed by atoms with Crippen LogP contribution in [-0.2, 0) is 0 Å². The molecule has 2 aliphatic rings. The number of rotatable bonds is 4. The van der Waals surface area contributed by atoms with Crippen LogP contribution in [0.1, 0.15) is 42.0 Å². The highest BCUT2D eigenvalue weighted by Crippen LogP contribution is 2.36. The highest BCUT2D eigenvalue weighted by Gasteiger charge is 2.29. The van der Waals surface area contributed by atoms with Gasteiger partial charge in [-0.25, -0.2) is 4.58 Å². The van der Waals surface area contributed by atoms with E-state index in [0.29, 0.717) is 5.92 Å². The van der Waals surface area contributed by atoms with Crippen LogP contribution in [0.4, 0.5) is 0 Å². The van der Waals surface area contributed by atoms with Crippen molar-refractivity contribution in [2.75, 3.05) is 7.05 Å². The minimum Gasteiger partial charge on any atom is -0.202 e. The number of benzene rings is 2. The van der Waals surface area contributed by atoms with Gasteiger partial charge in [-0.05, 0) is 55.2 Å². The van der Waals surface area contributed by atoms with Crippen molar-refractivity contribution < 1.29 is 4.58 Å². The Morgan fingerprint density at radius 1 is 0.889 bits per heavy atom. The highest BCUT2D eigenvalue weighted by atomic mass is 15.0. The first-order chi connectivity index (χ1) is 13.1. The Hall–Kier alpha value is -2.67. The van der Waals surface area contributed by atoms with Crippen LogP contribution in [0.3, 0.4) is 0 Å². The van der Waals surface area contributed by atoms with Gasteiger partial charge in [-0.1, -0.05) is 60.2 Å². The molecule has 1 aliphatic heterocycles. The van der Waals surface area contributed by atoms with Crippen LogP contribution >= 0.6 is 0 Å². The summed E-state index contributed by atoms with van der Waals surface area (Å²) >= 11 is 0. The van der Waals surface area contributed by atoms with Crippen molar-refractivity contribution in [3.8, 4) is 0 Å². The summed E-state index contributed by atoms with van der Waals surface area (Å²) in [6, 6.07) is 17.4. The third-order valence-corrected chi connectivity index (χ3v) is 6.15. The van der Waals surface area contributed by atoms with Crippen molar-refractivity contribution in [1.29, 1.82) is 0 Å². The second-order valence-electron chi connectivity index (χ2n) is 7.81. The molecule has 2 aromatic rings. The summed E-state index contributed by atoms with van der Waals surface area (Å²) in [5.74, 6) is 0.502. The normalized spacial score (nSPS) is 19.3. The van der Waals surface area contributed by atoms with E-state index in [-0.39, 0.29) is 0 Å². The van der Waals surface area contributed by atoms with Crippen molar-refractivity contribution in [3.63, 3.8) is 0 Å². The third-order valence-electron chi connectivity index (χ3n) is 6.15. The second kappa shape index (κ2) is 7.15. The summed E-state index contributed by atoms with van der Waals surface area (Å²) in [6.45, 7) is 6.70. The second-order valence-corrected chi connectivity index (χ2v) is 7.81. The Morgan fingerprint density at radius 3 is 2.19 bits per heavy atom. The molecule has 0 bridgehead atoms. The molecule has 1 nitrogen and oxygen atoms in total. The molecule has 0 amide bonds. The van der Waals surface area contributed by atoms with Crippen LogP contribution in [0.25, 0.3) is 11.3 Å². The smallest absolute Gasteiger partial charge is 0.202 e. The quantitative estimate of drug-likeness (QED) is 0.577. The van der Waals surface area contributed by atoms with E-state index >= 15 is 0 Å². The lowest BCUT2D eigenvalue weighted by molar-refractivity contribution is -0.394. The van der Waals surface area contributed by atoms with Gasteiger partial charge < -0.3 is 0 Å². The van der Waals surface area contributed by atoms with E-state index < -0.39 is 0 Å². The lowest BCUT2D eigenvalue weighted by atomic mass is 9.92. The minimum absolute atomic E-state index is 0.502. The zero-order chi connectivity index (χ0) is 19.0. The monoisotopic (exact) mass is 354 g/mol. The highest BCUT2D eigenvalue weighted by molar-refractivity contribution is 5.90. The maximum atomic E-state index is 2.41. The van der Waals surface area contributed by atoms with Crippen molar-refractivity contribution in [2.45, 2.75) is 33.6 Å². The predicted octanol–water partition coefficient (Wildman–Crippen LogP) is 6.18. The van der Waals surface area contributed by atoms with Crippen molar-refractivity contribution in [2.24, 2.45) is 5.92 Å². The first-order valence-corrected chi connectivity index (χ1v) is 9.86. The molecule has 1 atom stereocenters. The van der Waals surface area contributed by atoms with E-state index in [4.69, 9.17) is 0 Å². The molecule has 4 rings (SSSR count). The molecule has 0 radical (unpaired) electrons. The van der Waals surface area contributed by atoms with Gasteiger partial charge in [0.05, 0.1) is 6.42 Å². The fourth-order valence-electron chi connectivity index (χ4n) is 4.37. The fraction of sp³-hybridized carbons (Fsp3) is 0.269. The van der Waals surface area contributed by atoms with Crippen molar-refractivity contribution >= 4 is 17.0 Å². The van der Waals surface area contributed by atoms with Gasteiger partial charge in [-0.15, -0.1) is 0 Å². The molecule has 0 saturated heterocycles. The summed E-state index contributed by atoms with van der Waals surface area (Å²) in [6.07, 6.45) is 9.26. The molecule has 0 aromatic heterocycles. The van der Waals surface area contributed by atoms with Gasteiger partial charge in [0.15, 0.2) is 5.71 Å². The Bertz CT molecular complexity index is 1010. The average molecular weight is 355 g/mol. The standard InChI is InChI=1S/C26H28N/c1-18-9-5-7-11-23(18)25-15-13-21(20(25)3)17-22-14-16-26(27(22)4)24-12-8-6-10-19(24)2/h5-13,15-16,21H,14,17H2,1-4H3/q+1. The molecule has 1 heteroatoms. The number of nitrogens with zero attached hydrogens (tertiary/aromatic N) is 1. The molecule has 0 spiro atoms. The first kappa shape index (κ1) is 17.7. The van der Waals surface area contributed by atoms with E-state index in [9.17, 15) is 0 Å². The van der Waals surface area contributed by atoms with Gasteiger partial charge in [0.2, 0.25) is 5.70 Å². The lowest BCUT2D eigenvalue weighted by Crippen LogP contribution is -2.15. The zero-order valence-corrected chi connectivity index (χ0v) is 16.8. The summed E-state index contributed by atoms with van der Waals surface area (Å²) in [7, 11) is 2.22. The molecule has 1 unspecified atom stereocenters. The topological polar surface area (TPSA) is 3.01 Å². The minimum atomic E-state index is 0.502. The Balaban J connectivity index is 1.58. The van der Waals surface area contributed by atoms with Gasteiger partial charge in [-0.2, -0.15) is 0 Å².